The molecule has 1 aromatic heterocycles. The van der Waals surface area contributed by atoms with Crippen LogP contribution in [-0.2, 0) is 0 Å². The molecule has 3 N–H and O–H groups in total. The molecule has 0 saturated carbocycles. The van der Waals surface area contributed by atoms with Gasteiger partial charge < -0.3 is 10.2 Å². The molecule has 0 radical (unpaired) electrons. The number of benzene rings is 1. The molecule has 0 aliphatic carbocycles. The van der Waals surface area contributed by atoms with E-state index in [4.69, 9.17) is 15.8 Å². The molecule has 20 heavy (non-hydrogen) atoms. The Bertz CT molecular complexity index is 691. The van der Waals surface area contributed by atoms with Gasteiger partial charge in [-0.25, -0.2) is 10.8 Å². The van der Waals surface area contributed by atoms with E-state index in [0.29, 0.717) is 34.4 Å². The first kappa shape index (κ1) is 13.8. The summed E-state index contributed by atoms with van der Waals surface area (Å²) in [6.07, 6.45) is 0. The third-order valence-electron chi connectivity index (χ3n) is 2.87. The molecule has 0 aliphatic rings. The highest BCUT2D eigenvalue weighted by Crippen LogP contribution is 2.29. The van der Waals surface area contributed by atoms with Crippen LogP contribution in [0.5, 0.6) is 11.6 Å². The van der Waals surface area contributed by atoms with Gasteiger partial charge in [-0.1, -0.05) is 6.07 Å². The Morgan fingerprint density at radius 1 is 1.25 bits per heavy atom. The van der Waals surface area contributed by atoms with E-state index in [-0.39, 0.29) is 0 Å². The van der Waals surface area contributed by atoms with Crippen molar-refractivity contribution in [2.24, 2.45) is 5.84 Å². The summed E-state index contributed by atoms with van der Waals surface area (Å²) in [6, 6.07) is 7.34. The minimum atomic E-state index is 0.420. The minimum Gasteiger partial charge on any atom is -0.438 e. The normalized spacial score (nSPS) is 9.95. The van der Waals surface area contributed by atoms with E-state index in [0.717, 1.165) is 5.56 Å². The number of hydrogen-bond donors (Lipinski definition) is 2. The van der Waals surface area contributed by atoms with Crippen LogP contribution in [0.15, 0.2) is 18.2 Å². The molecule has 2 rings (SSSR count). The number of nitrogens with two attached hydrogens (primary N) is 1. The maximum Gasteiger partial charge on any atom is 0.227 e. The molecule has 0 unspecified atom stereocenters. The molecule has 0 bridgehead atoms. The number of nitrogen functional groups attached to an aromatic ring is 1. The molecule has 0 fully saturated rings. The van der Waals surface area contributed by atoms with Crippen LogP contribution < -0.4 is 16.0 Å². The number of nitrogens with one attached hydrogen (secondary N) is 1. The molecule has 0 spiro atoms. The van der Waals surface area contributed by atoms with Crippen LogP contribution in [0.2, 0.25) is 0 Å². The minimum absolute atomic E-state index is 0.420. The summed E-state index contributed by atoms with van der Waals surface area (Å²) >= 11 is 0. The Morgan fingerprint density at radius 2 is 2.00 bits per heavy atom. The lowest BCUT2D eigenvalue weighted by molar-refractivity contribution is 0.452. The van der Waals surface area contributed by atoms with Crippen molar-refractivity contribution in [2.45, 2.75) is 20.8 Å². The second kappa shape index (κ2) is 5.55. The van der Waals surface area contributed by atoms with Gasteiger partial charge in [0.1, 0.15) is 17.4 Å². The SMILES string of the molecule is Cc1nc(NN)c(C)c(Oc2cc(C#N)ccc2C)n1. The van der Waals surface area contributed by atoms with Crippen LogP contribution in [0.1, 0.15) is 22.5 Å². The first-order chi connectivity index (χ1) is 9.55. The first-order valence-electron chi connectivity index (χ1n) is 6.05. The number of ether oxygens (including phenoxy) is 1. The van der Waals surface area contributed by atoms with E-state index in [1.165, 1.54) is 0 Å². The summed E-state index contributed by atoms with van der Waals surface area (Å²) in [7, 11) is 0. The Kier molecular flexibility index (Phi) is 3.82. The summed E-state index contributed by atoms with van der Waals surface area (Å²) in [5, 5.41) is 8.94. The Morgan fingerprint density at radius 3 is 2.65 bits per heavy atom. The predicted molar refractivity (Wildman–Crippen MR) is 75.3 cm³/mol. The van der Waals surface area contributed by atoms with Crippen LogP contribution in [0.3, 0.4) is 0 Å². The first-order valence-corrected chi connectivity index (χ1v) is 6.05. The van der Waals surface area contributed by atoms with Gasteiger partial charge in [0.05, 0.1) is 17.2 Å². The maximum atomic E-state index is 8.94. The molecule has 0 aliphatic heterocycles. The van der Waals surface area contributed by atoms with Crippen LogP contribution in [0, 0.1) is 32.1 Å². The predicted octanol–water partition coefficient (Wildman–Crippen LogP) is 2.35. The quantitative estimate of drug-likeness (QED) is 0.655. The largest absolute Gasteiger partial charge is 0.438 e. The van der Waals surface area contributed by atoms with Gasteiger partial charge in [0.2, 0.25) is 5.88 Å². The number of rotatable bonds is 3. The number of nitriles is 1. The number of aryl methyl sites for hydroxylation is 2. The molecule has 0 atom stereocenters. The Balaban J connectivity index is 2.45. The van der Waals surface area contributed by atoms with E-state index in [1.807, 2.05) is 19.9 Å². The second-order valence-corrected chi connectivity index (χ2v) is 4.39. The fraction of sp³-hybridized carbons (Fsp3) is 0.214. The molecular formula is C14H15N5O. The van der Waals surface area contributed by atoms with Crippen molar-refractivity contribution in [2.75, 3.05) is 5.43 Å². The third-order valence-corrected chi connectivity index (χ3v) is 2.87. The molecule has 1 aromatic carbocycles. The molecule has 102 valence electrons. The lowest BCUT2D eigenvalue weighted by Gasteiger charge is -2.13. The highest BCUT2D eigenvalue weighted by molar-refractivity contribution is 5.50. The lowest BCUT2D eigenvalue weighted by Crippen LogP contribution is -2.12. The fourth-order valence-corrected chi connectivity index (χ4v) is 1.73. The van der Waals surface area contributed by atoms with Crippen molar-refractivity contribution in [1.29, 1.82) is 5.26 Å². The number of anilines is 1. The summed E-state index contributed by atoms with van der Waals surface area (Å²) in [4.78, 5) is 8.43. The van der Waals surface area contributed by atoms with E-state index >= 15 is 0 Å². The standard InChI is InChI=1S/C14H15N5O/c1-8-4-5-11(7-15)6-12(8)20-14-9(2)13(19-16)17-10(3)18-14/h4-6H,16H2,1-3H3,(H,17,18,19). The van der Waals surface area contributed by atoms with Crippen LogP contribution in [0.25, 0.3) is 0 Å². The number of aromatic nitrogens is 2. The van der Waals surface area contributed by atoms with Crippen LogP contribution >= 0.6 is 0 Å². The van der Waals surface area contributed by atoms with Crippen molar-refractivity contribution in [3.8, 4) is 17.7 Å². The van der Waals surface area contributed by atoms with Gasteiger partial charge in [-0.2, -0.15) is 10.2 Å². The Hall–Kier alpha value is -2.65. The van der Waals surface area contributed by atoms with Gasteiger partial charge in [0, 0.05) is 0 Å². The summed E-state index contributed by atoms with van der Waals surface area (Å²) in [6.45, 7) is 5.47. The highest BCUT2D eigenvalue weighted by Gasteiger charge is 2.12. The van der Waals surface area contributed by atoms with Gasteiger partial charge in [0.15, 0.2) is 0 Å². The molecular weight excluding hydrogens is 254 g/mol. The zero-order valence-corrected chi connectivity index (χ0v) is 11.6. The summed E-state index contributed by atoms with van der Waals surface area (Å²) < 4.78 is 5.81. The summed E-state index contributed by atoms with van der Waals surface area (Å²) in [5.41, 5.74) is 4.68. The van der Waals surface area contributed by atoms with Crippen molar-refractivity contribution >= 4 is 5.82 Å². The number of hydrogen-bond acceptors (Lipinski definition) is 6. The van der Waals surface area contributed by atoms with Gasteiger partial charge in [-0.05, 0) is 38.5 Å². The molecule has 6 heteroatoms. The average molecular weight is 269 g/mol. The molecule has 0 amide bonds. The third kappa shape index (κ3) is 2.68. The molecule has 6 nitrogen and oxygen atoms in total. The van der Waals surface area contributed by atoms with Crippen LogP contribution in [0.4, 0.5) is 5.82 Å². The van der Waals surface area contributed by atoms with Gasteiger partial charge in [-0.3, -0.25) is 0 Å². The maximum absolute atomic E-state index is 8.94. The second-order valence-electron chi connectivity index (χ2n) is 4.39. The topological polar surface area (TPSA) is 96.9 Å². The van der Waals surface area contributed by atoms with E-state index in [2.05, 4.69) is 21.5 Å². The van der Waals surface area contributed by atoms with Gasteiger partial charge >= 0.3 is 0 Å². The molecule has 2 aromatic rings. The zero-order valence-electron chi connectivity index (χ0n) is 11.6. The smallest absolute Gasteiger partial charge is 0.227 e. The van der Waals surface area contributed by atoms with E-state index in [1.54, 1.807) is 19.1 Å². The van der Waals surface area contributed by atoms with Crippen LogP contribution in [-0.4, -0.2) is 9.97 Å². The zero-order chi connectivity index (χ0) is 14.7. The van der Waals surface area contributed by atoms with Gasteiger partial charge in [-0.15, -0.1) is 0 Å². The van der Waals surface area contributed by atoms with Crippen molar-refractivity contribution in [1.82, 2.24) is 9.97 Å². The Labute approximate surface area is 117 Å². The molecule has 1 heterocycles. The molecule has 0 saturated heterocycles. The van der Waals surface area contributed by atoms with Crippen molar-refractivity contribution < 1.29 is 4.74 Å². The van der Waals surface area contributed by atoms with E-state index < -0.39 is 0 Å². The average Bonchev–Trinajstić information content (AvgIpc) is 2.44. The number of nitrogens with zero attached hydrogens (tertiary/aromatic N) is 3. The monoisotopic (exact) mass is 269 g/mol. The van der Waals surface area contributed by atoms with Crippen molar-refractivity contribution in [3.63, 3.8) is 0 Å². The summed E-state index contributed by atoms with van der Waals surface area (Å²) in [5.74, 6) is 7.49. The fourth-order valence-electron chi connectivity index (χ4n) is 1.73. The van der Waals surface area contributed by atoms with Crippen molar-refractivity contribution in [3.05, 3.63) is 40.7 Å². The highest BCUT2D eigenvalue weighted by atomic mass is 16.5. The van der Waals surface area contributed by atoms with E-state index in [9.17, 15) is 0 Å². The number of hydrazine groups is 1. The van der Waals surface area contributed by atoms with Gasteiger partial charge in [0.25, 0.3) is 0 Å². The lowest BCUT2D eigenvalue weighted by atomic mass is 10.1.